The fraction of sp³-hybridized carbons (Fsp3) is 0.647. The number of hydrogen-bond acceptors (Lipinski definition) is 2. The van der Waals surface area contributed by atoms with E-state index in [1.54, 1.807) is 12.3 Å². The largest absolute Gasteiger partial charge is 0.346 e. The minimum Gasteiger partial charge on any atom is -0.346 e. The van der Waals surface area contributed by atoms with Gasteiger partial charge in [-0.2, -0.15) is 0 Å². The molecule has 4 fully saturated rings. The van der Waals surface area contributed by atoms with E-state index in [0.29, 0.717) is 10.6 Å². The van der Waals surface area contributed by atoms with Gasteiger partial charge in [0.1, 0.15) is 0 Å². The van der Waals surface area contributed by atoms with Crippen LogP contribution in [0.1, 0.15) is 54.6 Å². The topological polar surface area (TPSA) is 42.0 Å². The molecule has 4 bridgehead atoms. The molecular weight excluding hydrogens is 284 g/mol. The highest BCUT2D eigenvalue weighted by Gasteiger charge is 2.51. The molecule has 0 atom stereocenters. The Hall–Kier alpha value is -1.09. The van der Waals surface area contributed by atoms with E-state index in [2.05, 4.69) is 10.3 Å². The van der Waals surface area contributed by atoms with Gasteiger partial charge < -0.3 is 5.32 Å². The van der Waals surface area contributed by atoms with Crippen molar-refractivity contribution in [1.29, 1.82) is 0 Å². The van der Waals surface area contributed by atoms with Gasteiger partial charge in [0.15, 0.2) is 0 Å². The molecule has 21 heavy (non-hydrogen) atoms. The number of carbonyl (C=O) groups is 1. The SMILES string of the molecule is Cc1cc(Cl)c(C(=O)NC23CC4CC(CC(C4)C2)C3)cn1. The second kappa shape index (κ2) is 4.70. The zero-order valence-electron chi connectivity index (χ0n) is 12.4. The normalized spacial score (nSPS) is 36.8. The number of amides is 1. The van der Waals surface area contributed by atoms with E-state index < -0.39 is 0 Å². The molecule has 0 saturated heterocycles. The molecule has 1 heterocycles. The van der Waals surface area contributed by atoms with E-state index in [4.69, 9.17) is 11.6 Å². The molecule has 1 aromatic rings. The molecule has 112 valence electrons. The molecule has 4 aliphatic carbocycles. The Balaban J connectivity index is 1.57. The number of nitrogens with zero attached hydrogens (tertiary/aromatic N) is 1. The van der Waals surface area contributed by atoms with Crippen molar-refractivity contribution in [2.75, 3.05) is 0 Å². The van der Waals surface area contributed by atoms with Gasteiger partial charge in [0.05, 0.1) is 10.6 Å². The number of pyridine rings is 1. The van der Waals surface area contributed by atoms with Crippen molar-refractivity contribution in [2.24, 2.45) is 17.8 Å². The number of carbonyl (C=O) groups excluding carboxylic acids is 1. The monoisotopic (exact) mass is 304 g/mol. The first-order chi connectivity index (χ1) is 10.0. The van der Waals surface area contributed by atoms with Crippen LogP contribution in [0.4, 0.5) is 0 Å². The number of halogens is 1. The van der Waals surface area contributed by atoms with Crippen molar-refractivity contribution < 1.29 is 4.79 Å². The third-order valence-corrected chi connectivity index (χ3v) is 5.96. The zero-order chi connectivity index (χ0) is 14.6. The van der Waals surface area contributed by atoms with Crippen molar-refractivity contribution in [1.82, 2.24) is 10.3 Å². The van der Waals surface area contributed by atoms with Gasteiger partial charge in [-0.25, -0.2) is 0 Å². The second-order valence-corrected chi connectivity index (χ2v) is 7.86. The third kappa shape index (κ3) is 2.36. The Morgan fingerprint density at radius 1 is 1.24 bits per heavy atom. The molecule has 3 nitrogen and oxygen atoms in total. The number of hydrogen-bond donors (Lipinski definition) is 1. The molecule has 5 rings (SSSR count). The molecular formula is C17H21ClN2O. The quantitative estimate of drug-likeness (QED) is 0.904. The Kier molecular flexibility index (Phi) is 3.04. The molecule has 0 aliphatic heterocycles. The summed E-state index contributed by atoms with van der Waals surface area (Å²) in [5, 5.41) is 3.84. The molecule has 4 heteroatoms. The Morgan fingerprint density at radius 2 is 1.81 bits per heavy atom. The summed E-state index contributed by atoms with van der Waals surface area (Å²) in [4.78, 5) is 16.8. The highest BCUT2D eigenvalue weighted by molar-refractivity contribution is 6.33. The van der Waals surface area contributed by atoms with Gasteiger partial charge in [0.25, 0.3) is 5.91 Å². The second-order valence-electron chi connectivity index (χ2n) is 7.46. The predicted octanol–water partition coefficient (Wildman–Crippen LogP) is 3.74. The molecule has 1 aromatic heterocycles. The predicted molar refractivity (Wildman–Crippen MR) is 82.4 cm³/mol. The van der Waals surface area contributed by atoms with Crippen LogP contribution in [0.2, 0.25) is 5.02 Å². The van der Waals surface area contributed by atoms with Crippen LogP contribution in [0.3, 0.4) is 0 Å². The van der Waals surface area contributed by atoms with Gasteiger partial charge in [0, 0.05) is 17.4 Å². The standard InChI is InChI=1S/C17H21ClN2O/c1-10-2-15(18)14(9-19-10)16(21)20-17-6-11-3-12(7-17)5-13(4-11)8-17/h2,9,11-13H,3-8H2,1H3,(H,20,21). The maximum absolute atomic E-state index is 12.6. The van der Waals surface area contributed by atoms with Crippen LogP contribution in [-0.2, 0) is 0 Å². The van der Waals surface area contributed by atoms with Crippen LogP contribution in [-0.4, -0.2) is 16.4 Å². The summed E-state index contributed by atoms with van der Waals surface area (Å²) in [5.41, 5.74) is 1.38. The average Bonchev–Trinajstić information content (AvgIpc) is 2.35. The number of aromatic nitrogens is 1. The van der Waals surface area contributed by atoms with Gasteiger partial charge in [-0.1, -0.05) is 11.6 Å². The summed E-state index contributed by atoms with van der Waals surface area (Å²) in [5.74, 6) is 2.42. The lowest BCUT2D eigenvalue weighted by Crippen LogP contribution is -2.59. The Bertz CT molecular complexity index is 563. The molecule has 0 unspecified atom stereocenters. The summed E-state index contributed by atoms with van der Waals surface area (Å²) in [6.45, 7) is 1.88. The molecule has 0 radical (unpaired) electrons. The van der Waals surface area contributed by atoms with Crippen LogP contribution >= 0.6 is 11.6 Å². The van der Waals surface area contributed by atoms with Crippen molar-refractivity contribution in [3.8, 4) is 0 Å². The minimum atomic E-state index is -0.0468. The lowest BCUT2D eigenvalue weighted by atomic mass is 9.53. The van der Waals surface area contributed by atoms with E-state index >= 15 is 0 Å². The van der Waals surface area contributed by atoms with Crippen LogP contribution in [0, 0.1) is 24.7 Å². The van der Waals surface area contributed by atoms with Crippen LogP contribution in [0.25, 0.3) is 0 Å². The first kappa shape index (κ1) is 13.6. The van der Waals surface area contributed by atoms with Crippen molar-refractivity contribution in [2.45, 2.75) is 51.0 Å². The average molecular weight is 305 g/mol. The van der Waals surface area contributed by atoms with E-state index in [0.717, 1.165) is 42.7 Å². The number of rotatable bonds is 2. The lowest BCUT2D eigenvalue weighted by molar-refractivity contribution is -0.0167. The number of aryl methyl sites for hydroxylation is 1. The van der Waals surface area contributed by atoms with Gasteiger partial charge in [0.2, 0.25) is 0 Å². The molecule has 4 saturated carbocycles. The Labute approximate surface area is 130 Å². The molecule has 1 amide bonds. The van der Waals surface area contributed by atoms with Crippen LogP contribution in [0.5, 0.6) is 0 Å². The van der Waals surface area contributed by atoms with E-state index in [1.807, 2.05) is 6.92 Å². The highest BCUT2D eigenvalue weighted by Crippen LogP contribution is 2.55. The first-order valence-electron chi connectivity index (χ1n) is 7.98. The van der Waals surface area contributed by atoms with E-state index in [1.165, 1.54) is 19.3 Å². The van der Waals surface area contributed by atoms with E-state index in [-0.39, 0.29) is 11.4 Å². The van der Waals surface area contributed by atoms with Gasteiger partial charge in [-0.05, 0) is 69.3 Å². The van der Waals surface area contributed by atoms with Crippen molar-refractivity contribution in [3.05, 3.63) is 28.5 Å². The first-order valence-corrected chi connectivity index (χ1v) is 8.35. The lowest BCUT2D eigenvalue weighted by Gasteiger charge is -2.56. The highest BCUT2D eigenvalue weighted by atomic mass is 35.5. The number of nitrogens with one attached hydrogen (secondary N) is 1. The smallest absolute Gasteiger partial charge is 0.254 e. The van der Waals surface area contributed by atoms with E-state index in [9.17, 15) is 4.79 Å². The summed E-state index contributed by atoms with van der Waals surface area (Å²) < 4.78 is 0. The van der Waals surface area contributed by atoms with Crippen molar-refractivity contribution >= 4 is 17.5 Å². The zero-order valence-corrected chi connectivity index (χ0v) is 13.1. The summed E-state index contributed by atoms with van der Waals surface area (Å²) in [6.07, 6.45) is 9.20. The summed E-state index contributed by atoms with van der Waals surface area (Å²) in [7, 11) is 0. The van der Waals surface area contributed by atoms with Gasteiger partial charge in [-0.3, -0.25) is 9.78 Å². The summed E-state index contributed by atoms with van der Waals surface area (Å²) >= 11 is 6.21. The van der Waals surface area contributed by atoms with Crippen LogP contribution < -0.4 is 5.32 Å². The fourth-order valence-corrected chi connectivity index (χ4v) is 5.56. The minimum absolute atomic E-state index is 0.0278. The summed E-state index contributed by atoms with van der Waals surface area (Å²) in [6, 6.07) is 1.76. The maximum Gasteiger partial charge on any atom is 0.254 e. The van der Waals surface area contributed by atoms with Gasteiger partial charge >= 0.3 is 0 Å². The molecule has 0 aromatic carbocycles. The maximum atomic E-state index is 12.6. The Morgan fingerprint density at radius 3 is 2.33 bits per heavy atom. The van der Waals surface area contributed by atoms with Crippen molar-refractivity contribution in [3.63, 3.8) is 0 Å². The van der Waals surface area contributed by atoms with Crippen LogP contribution in [0.15, 0.2) is 12.3 Å². The molecule has 1 N–H and O–H groups in total. The molecule has 4 aliphatic rings. The fourth-order valence-electron chi connectivity index (χ4n) is 5.27. The van der Waals surface area contributed by atoms with Gasteiger partial charge in [-0.15, -0.1) is 0 Å². The third-order valence-electron chi connectivity index (χ3n) is 5.65. The molecule has 0 spiro atoms.